The quantitative estimate of drug-likeness (QED) is 0.918. The van der Waals surface area contributed by atoms with Crippen molar-refractivity contribution in [1.82, 2.24) is 5.32 Å². The van der Waals surface area contributed by atoms with E-state index in [4.69, 9.17) is 0 Å². The lowest BCUT2D eigenvalue weighted by molar-refractivity contribution is -0.274. The zero-order valence-corrected chi connectivity index (χ0v) is 12.7. The van der Waals surface area contributed by atoms with Crippen molar-refractivity contribution in [3.8, 4) is 5.75 Å². The standard InChI is InChI=1S/C17H16F3NO2/c1-11-6-5-8-14(12(11)2)16(22)21-10-13-7-3-4-9-15(13)23-17(18,19)20/h3-9H,10H2,1-2H3,(H,21,22). The van der Waals surface area contributed by atoms with Gasteiger partial charge in [0.2, 0.25) is 0 Å². The van der Waals surface area contributed by atoms with Crippen LogP contribution >= 0.6 is 0 Å². The van der Waals surface area contributed by atoms with Crippen molar-refractivity contribution >= 4 is 5.91 Å². The van der Waals surface area contributed by atoms with Gasteiger partial charge in [0.15, 0.2) is 0 Å². The van der Waals surface area contributed by atoms with Gasteiger partial charge in [-0.05, 0) is 37.1 Å². The van der Waals surface area contributed by atoms with Crippen LogP contribution in [0.1, 0.15) is 27.0 Å². The van der Waals surface area contributed by atoms with Crippen LogP contribution in [0.5, 0.6) is 5.75 Å². The van der Waals surface area contributed by atoms with E-state index in [1.54, 1.807) is 18.2 Å². The Morgan fingerprint density at radius 1 is 1.09 bits per heavy atom. The van der Waals surface area contributed by atoms with Crippen LogP contribution < -0.4 is 10.1 Å². The number of alkyl halides is 3. The molecule has 0 saturated heterocycles. The fourth-order valence-electron chi connectivity index (χ4n) is 2.14. The van der Waals surface area contributed by atoms with E-state index >= 15 is 0 Å². The Morgan fingerprint density at radius 3 is 2.48 bits per heavy atom. The maximum atomic E-state index is 12.4. The van der Waals surface area contributed by atoms with Gasteiger partial charge in [-0.15, -0.1) is 13.2 Å². The Hall–Kier alpha value is -2.50. The van der Waals surface area contributed by atoms with E-state index in [-0.39, 0.29) is 23.8 Å². The molecular formula is C17H16F3NO2. The number of ether oxygens (including phenoxy) is 1. The summed E-state index contributed by atoms with van der Waals surface area (Å²) in [6, 6.07) is 11.0. The average molecular weight is 323 g/mol. The van der Waals surface area contributed by atoms with E-state index in [2.05, 4.69) is 10.1 Å². The molecule has 2 aromatic carbocycles. The Kier molecular flexibility index (Phi) is 4.93. The molecule has 0 bridgehead atoms. The summed E-state index contributed by atoms with van der Waals surface area (Å²) >= 11 is 0. The average Bonchev–Trinajstić information content (AvgIpc) is 2.47. The number of hydrogen-bond donors (Lipinski definition) is 1. The predicted molar refractivity (Wildman–Crippen MR) is 80.2 cm³/mol. The molecule has 1 amide bonds. The lowest BCUT2D eigenvalue weighted by Crippen LogP contribution is -2.25. The fraction of sp³-hybridized carbons (Fsp3) is 0.235. The van der Waals surface area contributed by atoms with Crippen molar-refractivity contribution in [2.45, 2.75) is 26.8 Å². The number of rotatable bonds is 4. The first kappa shape index (κ1) is 16.9. The molecule has 1 N–H and O–H groups in total. The van der Waals surface area contributed by atoms with Crippen LogP contribution in [0.3, 0.4) is 0 Å². The Bertz CT molecular complexity index is 711. The summed E-state index contributed by atoms with van der Waals surface area (Å²) < 4.78 is 41.1. The van der Waals surface area contributed by atoms with E-state index in [9.17, 15) is 18.0 Å². The van der Waals surface area contributed by atoms with Gasteiger partial charge in [0, 0.05) is 17.7 Å². The minimum atomic E-state index is -4.77. The van der Waals surface area contributed by atoms with Crippen LogP contribution in [0.15, 0.2) is 42.5 Å². The normalized spacial score (nSPS) is 11.2. The molecule has 0 aliphatic carbocycles. The van der Waals surface area contributed by atoms with Crippen LogP contribution in [0, 0.1) is 13.8 Å². The van der Waals surface area contributed by atoms with E-state index in [1.165, 1.54) is 18.2 Å². The highest BCUT2D eigenvalue weighted by Gasteiger charge is 2.32. The lowest BCUT2D eigenvalue weighted by atomic mass is 10.0. The van der Waals surface area contributed by atoms with Crippen molar-refractivity contribution in [3.63, 3.8) is 0 Å². The minimum Gasteiger partial charge on any atom is -0.405 e. The van der Waals surface area contributed by atoms with Crippen LogP contribution in [0.2, 0.25) is 0 Å². The van der Waals surface area contributed by atoms with Gasteiger partial charge >= 0.3 is 6.36 Å². The first-order valence-corrected chi connectivity index (χ1v) is 6.96. The molecule has 0 aromatic heterocycles. The van der Waals surface area contributed by atoms with Crippen molar-refractivity contribution in [2.75, 3.05) is 0 Å². The second kappa shape index (κ2) is 6.73. The summed E-state index contributed by atoms with van der Waals surface area (Å²) in [4.78, 5) is 12.2. The summed E-state index contributed by atoms with van der Waals surface area (Å²) in [5.41, 5.74) is 2.56. The molecular weight excluding hydrogens is 307 g/mol. The van der Waals surface area contributed by atoms with Gasteiger partial charge in [-0.25, -0.2) is 0 Å². The van der Waals surface area contributed by atoms with E-state index in [1.807, 2.05) is 19.9 Å². The molecule has 0 fully saturated rings. The maximum absolute atomic E-state index is 12.4. The fourth-order valence-corrected chi connectivity index (χ4v) is 2.14. The number of halogens is 3. The van der Waals surface area contributed by atoms with E-state index in [0.29, 0.717) is 5.56 Å². The van der Waals surface area contributed by atoms with Crippen LogP contribution in [-0.4, -0.2) is 12.3 Å². The highest BCUT2D eigenvalue weighted by Crippen LogP contribution is 2.26. The topological polar surface area (TPSA) is 38.3 Å². The first-order valence-electron chi connectivity index (χ1n) is 6.96. The van der Waals surface area contributed by atoms with Crippen molar-refractivity contribution in [1.29, 1.82) is 0 Å². The number of aryl methyl sites for hydroxylation is 1. The van der Waals surface area contributed by atoms with Crippen LogP contribution in [0.25, 0.3) is 0 Å². The molecule has 0 aliphatic heterocycles. The summed E-state index contributed by atoms with van der Waals surface area (Å²) in [6.07, 6.45) is -4.77. The number of benzene rings is 2. The van der Waals surface area contributed by atoms with E-state index in [0.717, 1.165) is 11.1 Å². The first-order chi connectivity index (χ1) is 10.8. The third kappa shape index (κ3) is 4.48. The number of para-hydroxylation sites is 1. The number of carbonyl (C=O) groups excluding carboxylic acids is 1. The highest BCUT2D eigenvalue weighted by atomic mass is 19.4. The van der Waals surface area contributed by atoms with Crippen LogP contribution in [-0.2, 0) is 6.54 Å². The third-order valence-corrected chi connectivity index (χ3v) is 3.49. The second-order valence-corrected chi connectivity index (χ2v) is 5.09. The van der Waals surface area contributed by atoms with E-state index < -0.39 is 6.36 Å². The molecule has 0 heterocycles. The number of hydrogen-bond acceptors (Lipinski definition) is 2. The van der Waals surface area contributed by atoms with Crippen molar-refractivity contribution in [3.05, 3.63) is 64.7 Å². The molecule has 6 heteroatoms. The maximum Gasteiger partial charge on any atom is 0.573 e. The summed E-state index contributed by atoms with van der Waals surface area (Å²) in [5, 5.41) is 2.62. The number of nitrogens with one attached hydrogen (secondary N) is 1. The zero-order chi connectivity index (χ0) is 17.0. The number of carbonyl (C=O) groups is 1. The summed E-state index contributed by atoms with van der Waals surface area (Å²) in [5.74, 6) is -0.658. The molecule has 2 aromatic rings. The molecule has 2 rings (SSSR count). The SMILES string of the molecule is Cc1cccc(C(=O)NCc2ccccc2OC(F)(F)F)c1C. The molecule has 0 spiro atoms. The van der Waals surface area contributed by atoms with Crippen molar-refractivity contribution < 1.29 is 22.7 Å². The van der Waals surface area contributed by atoms with Crippen LogP contribution in [0.4, 0.5) is 13.2 Å². The van der Waals surface area contributed by atoms with Gasteiger partial charge in [-0.3, -0.25) is 4.79 Å². The highest BCUT2D eigenvalue weighted by molar-refractivity contribution is 5.95. The van der Waals surface area contributed by atoms with Gasteiger partial charge < -0.3 is 10.1 Å². The molecule has 3 nitrogen and oxygen atoms in total. The lowest BCUT2D eigenvalue weighted by Gasteiger charge is -2.14. The summed E-state index contributed by atoms with van der Waals surface area (Å²) in [6.45, 7) is 3.65. The molecule has 0 aliphatic rings. The largest absolute Gasteiger partial charge is 0.573 e. The third-order valence-electron chi connectivity index (χ3n) is 3.49. The zero-order valence-electron chi connectivity index (χ0n) is 12.7. The molecule has 0 saturated carbocycles. The van der Waals surface area contributed by atoms with Gasteiger partial charge in [0.1, 0.15) is 5.75 Å². The minimum absolute atomic E-state index is 0.0571. The predicted octanol–water partition coefficient (Wildman–Crippen LogP) is 4.13. The van der Waals surface area contributed by atoms with Gasteiger partial charge in [-0.1, -0.05) is 30.3 Å². The Morgan fingerprint density at radius 2 is 1.78 bits per heavy atom. The Balaban J connectivity index is 2.12. The van der Waals surface area contributed by atoms with Gasteiger partial charge in [-0.2, -0.15) is 0 Å². The molecule has 0 atom stereocenters. The van der Waals surface area contributed by atoms with Crippen molar-refractivity contribution in [2.24, 2.45) is 0 Å². The molecule has 23 heavy (non-hydrogen) atoms. The summed E-state index contributed by atoms with van der Waals surface area (Å²) in [7, 11) is 0. The Labute approximate surface area is 132 Å². The number of amides is 1. The molecule has 0 unspecified atom stereocenters. The second-order valence-electron chi connectivity index (χ2n) is 5.09. The molecule has 0 radical (unpaired) electrons. The smallest absolute Gasteiger partial charge is 0.405 e. The molecule has 122 valence electrons. The monoisotopic (exact) mass is 323 g/mol. The van der Waals surface area contributed by atoms with Gasteiger partial charge in [0.05, 0.1) is 0 Å². The van der Waals surface area contributed by atoms with Gasteiger partial charge in [0.25, 0.3) is 5.91 Å².